The summed E-state index contributed by atoms with van der Waals surface area (Å²) >= 11 is 0. The molecule has 0 aliphatic rings. The van der Waals surface area contributed by atoms with Crippen LogP contribution in [0.2, 0.25) is 0 Å². The van der Waals surface area contributed by atoms with Gasteiger partial charge in [0.1, 0.15) is 5.82 Å². The zero-order chi connectivity index (χ0) is 18.9. The summed E-state index contributed by atoms with van der Waals surface area (Å²) in [5, 5.41) is 0.378. The van der Waals surface area contributed by atoms with Crippen LogP contribution < -0.4 is 0 Å². The smallest absolute Gasteiger partial charge is 0.416 e. The van der Waals surface area contributed by atoms with Gasteiger partial charge in [-0.1, -0.05) is 0 Å². The number of methoxy groups -OCH3 is 1. The number of nitrogens with one attached hydrogen (secondary N) is 1. The lowest BCUT2D eigenvalue weighted by Gasteiger charge is -2.08. The summed E-state index contributed by atoms with van der Waals surface area (Å²) in [5.41, 5.74) is 1.48. The minimum atomic E-state index is -4.47. The lowest BCUT2D eigenvalue weighted by molar-refractivity contribution is -0.140. The van der Waals surface area contributed by atoms with Gasteiger partial charge in [0.05, 0.1) is 12.7 Å². The van der Waals surface area contributed by atoms with Crippen molar-refractivity contribution < 1.29 is 27.1 Å². The van der Waals surface area contributed by atoms with Crippen molar-refractivity contribution in [1.82, 2.24) is 4.98 Å². The number of hydrogen-bond acceptors (Lipinski definition) is 2. The highest BCUT2D eigenvalue weighted by atomic mass is 19.4. The molecular weight excluding hydrogens is 350 g/mol. The average molecular weight is 365 g/mol. The second-order valence-corrected chi connectivity index (χ2v) is 5.82. The molecule has 3 aromatic rings. The summed E-state index contributed by atoms with van der Waals surface area (Å²) in [5.74, 6) is -0.878. The number of ether oxygens (including phenoxy) is 1. The average Bonchev–Trinajstić information content (AvgIpc) is 2.97. The van der Waals surface area contributed by atoms with Gasteiger partial charge in [-0.2, -0.15) is 13.2 Å². The fourth-order valence-electron chi connectivity index (χ4n) is 2.88. The van der Waals surface area contributed by atoms with Gasteiger partial charge >= 0.3 is 12.1 Å². The van der Waals surface area contributed by atoms with E-state index in [0.29, 0.717) is 27.7 Å². The molecule has 0 fully saturated rings. The molecule has 136 valence electrons. The third-order valence-corrected chi connectivity index (χ3v) is 4.17. The molecule has 0 atom stereocenters. The van der Waals surface area contributed by atoms with Gasteiger partial charge in [-0.3, -0.25) is 4.79 Å². The summed E-state index contributed by atoms with van der Waals surface area (Å²) in [6, 6.07) is 9.02. The number of aromatic amines is 1. The Morgan fingerprint density at radius 2 is 1.81 bits per heavy atom. The molecule has 0 unspecified atom stereocenters. The first-order valence-corrected chi connectivity index (χ1v) is 7.84. The molecule has 0 aliphatic carbocycles. The highest BCUT2D eigenvalue weighted by Crippen LogP contribution is 2.36. The summed E-state index contributed by atoms with van der Waals surface area (Å²) < 4.78 is 57.0. The van der Waals surface area contributed by atoms with E-state index >= 15 is 0 Å². The molecule has 0 radical (unpaired) electrons. The van der Waals surface area contributed by atoms with E-state index in [0.717, 1.165) is 12.1 Å². The highest BCUT2D eigenvalue weighted by Gasteiger charge is 2.31. The molecule has 2 aromatic carbocycles. The topological polar surface area (TPSA) is 42.1 Å². The van der Waals surface area contributed by atoms with Crippen LogP contribution in [-0.4, -0.2) is 18.1 Å². The van der Waals surface area contributed by atoms with Crippen molar-refractivity contribution in [1.29, 1.82) is 0 Å². The second kappa shape index (κ2) is 6.82. The molecule has 3 nitrogen and oxygen atoms in total. The van der Waals surface area contributed by atoms with E-state index in [1.807, 2.05) is 0 Å². The van der Waals surface area contributed by atoms with Gasteiger partial charge < -0.3 is 9.72 Å². The monoisotopic (exact) mass is 365 g/mol. The minimum absolute atomic E-state index is 0.0217. The van der Waals surface area contributed by atoms with E-state index in [1.165, 1.54) is 37.4 Å². The van der Waals surface area contributed by atoms with E-state index < -0.39 is 23.5 Å². The van der Waals surface area contributed by atoms with Crippen LogP contribution >= 0.6 is 0 Å². The van der Waals surface area contributed by atoms with Crippen LogP contribution in [0.4, 0.5) is 17.6 Å². The Hall–Kier alpha value is -2.83. The van der Waals surface area contributed by atoms with Crippen LogP contribution in [-0.2, 0) is 22.1 Å². The van der Waals surface area contributed by atoms with Crippen LogP contribution in [0.5, 0.6) is 0 Å². The van der Waals surface area contributed by atoms with Crippen molar-refractivity contribution in [2.24, 2.45) is 0 Å². The number of rotatable bonds is 4. The number of benzene rings is 2. The van der Waals surface area contributed by atoms with Gasteiger partial charge in [0.2, 0.25) is 0 Å². The molecule has 1 heterocycles. The van der Waals surface area contributed by atoms with E-state index in [1.54, 1.807) is 0 Å². The first kappa shape index (κ1) is 18.0. The molecule has 7 heteroatoms. The van der Waals surface area contributed by atoms with Crippen molar-refractivity contribution in [3.8, 4) is 11.3 Å². The third kappa shape index (κ3) is 3.56. The molecule has 0 amide bonds. The van der Waals surface area contributed by atoms with Gasteiger partial charge in [0, 0.05) is 23.0 Å². The van der Waals surface area contributed by atoms with Crippen LogP contribution in [0, 0.1) is 5.82 Å². The Bertz CT molecular complexity index is 943. The molecule has 26 heavy (non-hydrogen) atoms. The standard InChI is InChI=1S/C19H15F4NO2/c1-26-17(25)9-7-14-15-10-12(19(21,22)23)4-8-16(15)24-18(14)11-2-5-13(20)6-3-11/h2-6,8,10,24H,7,9H2,1H3. The Morgan fingerprint density at radius 3 is 2.42 bits per heavy atom. The van der Waals surface area contributed by atoms with E-state index in [9.17, 15) is 22.4 Å². The zero-order valence-electron chi connectivity index (χ0n) is 13.8. The summed E-state index contributed by atoms with van der Waals surface area (Å²) in [6.07, 6.45) is -4.25. The molecule has 1 N–H and O–H groups in total. The van der Waals surface area contributed by atoms with Gasteiger partial charge in [-0.15, -0.1) is 0 Å². The predicted molar refractivity (Wildman–Crippen MR) is 89.0 cm³/mol. The zero-order valence-corrected chi connectivity index (χ0v) is 13.8. The molecule has 1 aromatic heterocycles. The Labute approximate surface area is 146 Å². The Balaban J connectivity index is 2.15. The minimum Gasteiger partial charge on any atom is -0.469 e. The maximum Gasteiger partial charge on any atom is 0.416 e. The number of hydrogen-bond donors (Lipinski definition) is 1. The first-order chi connectivity index (χ1) is 12.3. The maximum absolute atomic E-state index is 13.2. The number of alkyl halides is 3. The van der Waals surface area contributed by atoms with Gasteiger partial charge in [-0.05, 0) is 60.0 Å². The predicted octanol–water partition coefficient (Wildman–Crippen LogP) is 5.10. The van der Waals surface area contributed by atoms with Crippen molar-refractivity contribution in [3.05, 3.63) is 59.4 Å². The quantitative estimate of drug-likeness (QED) is 0.516. The van der Waals surface area contributed by atoms with Crippen LogP contribution in [0.15, 0.2) is 42.5 Å². The van der Waals surface area contributed by atoms with Crippen LogP contribution in [0.3, 0.4) is 0 Å². The largest absolute Gasteiger partial charge is 0.469 e. The SMILES string of the molecule is COC(=O)CCc1c(-c2ccc(F)cc2)[nH]c2ccc(C(F)(F)F)cc12. The molecule has 0 bridgehead atoms. The Kier molecular flexibility index (Phi) is 4.71. The first-order valence-electron chi connectivity index (χ1n) is 7.84. The van der Waals surface area contributed by atoms with Gasteiger partial charge in [-0.25, -0.2) is 4.39 Å². The number of aromatic nitrogens is 1. The van der Waals surface area contributed by atoms with Gasteiger partial charge in [0.25, 0.3) is 0 Å². The number of H-pyrrole nitrogens is 1. The van der Waals surface area contributed by atoms with E-state index in [-0.39, 0.29) is 12.8 Å². The van der Waals surface area contributed by atoms with Crippen molar-refractivity contribution in [2.45, 2.75) is 19.0 Å². The second-order valence-electron chi connectivity index (χ2n) is 5.82. The number of carbonyl (C=O) groups is 1. The molecule has 0 saturated heterocycles. The highest BCUT2D eigenvalue weighted by molar-refractivity contribution is 5.91. The number of esters is 1. The Morgan fingerprint density at radius 1 is 1.12 bits per heavy atom. The summed E-state index contributed by atoms with van der Waals surface area (Å²) in [7, 11) is 1.25. The van der Waals surface area contributed by atoms with Crippen molar-refractivity contribution in [3.63, 3.8) is 0 Å². The van der Waals surface area contributed by atoms with Crippen molar-refractivity contribution >= 4 is 16.9 Å². The number of fused-ring (bicyclic) bond motifs is 1. The number of carbonyl (C=O) groups excluding carboxylic acids is 1. The fourth-order valence-corrected chi connectivity index (χ4v) is 2.88. The van der Waals surface area contributed by atoms with Crippen LogP contribution in [0.25, 0.3) is 22.2 Å². The molecular formula is C19H15F4NO2. The number of aryl methyl sites for hydroxylation is 1. The van der Waals surface area contributed by atoms with Crippen molar-refractivity contribution in [2.75, 3.05) is 7.11 Å². The third-order valence-electron chi connectivity index (χ3n) is 4.17. The number of halogens is 4. The molecule has 0 spiro atoms. The lowest BCUT2D eigenvalue weighted by atomic mass is 10.00. The lowest BCUT2D eigenvalue weighted by Crippen LogP contribution is -2.05. The van der Waals surface area contributed by atoms with E-state index in [2.05, 4.69) is 9.72 Å². The van der Waals surface area contributed by atoms with Gasteiger partial charge in [0.15, 0.2) is 0 Å². The summed E-state index contributed by atoms with van der Waals surface area (Å²) in [6.45, 7) is 0. The van der Waals surface area contributed by atoms with Crippen LogP contribution in [0.1, 0.15) is 17.5 Å². The maximum atomic E-state index is 13.2. The molecule has 0 saturated carbocycles. The van der Waals surface area contributed by atoms with E-state index in [4.69, 9.17) is 0 Å². The fraction of sp³-hybridized carbons (Fsp3) is 0.211. The summed E-state index contributed by atoms with van der Waals surface area (Å²) in [4.78, 5) is 14.6. The normalized spacial score (nSPS) is 11.7. The molecule has 0 aliphatic heterocycles. The molecule has 3 rings (SSSR count).